The molecule has 1 aromatic heterocycles. The van der Waals surface area contributed by atoms with Crippen LogP contribution in [0.25, 0.3) is 0 Å². The van der Waals surface area contributed by atoms with Gasteiger partial charge in [0, 0.05) is 42.6 Å². The molecule has 3 aromatic rings. The summed E-state index contributed by atoms with van der Waals surface area (Å²) in [7, 11) is 0. The molecule has 0 spiro atoms. The van der Waals surface area contributed by atoms with Crippen LogP contribution >= 0.6 is 34.5 Å². The Morgan fingerprint density at radius 1 is 0.972 bits per heavy atom. The van der Waals surface area contributed by atoms with Crippen LogP contribution in [0.1, 0.15) is 38.8 Å². The molecular weight excluding hydrogens is 520 g/mol. The molecule has 0 unspecified atom stereocenters. The van der Waals surface area contributed by atoms with Crippen LogP contribution in [0.5, 0.6) is 0 Å². The molecule has 9 heteroatoms. The van der Waals surface area contributed by atoms with Crippen LogP contribution < -0.4 is 0 Å². The molecule has 2 amide bonds. The number of rotatable bonds is 4. The lowest BCUT2D eigenvalue weighted by Gasteiger charge is -2.37. The van der Waals surface area contributed by atoms with Crippen molar-refractivity contribution in [3.8, 4) is 0 Å². The molecule has 36 heavy (non-hydrogen) atoms. The fraction of sp³-hybridized carbons (Fsp3) is 0.333. The molecule has 0 saturated carbocycles. The van der Waals surface area contributed by atoms with E-state index in [0.29, 0.717) is 48.2 Å². The second kappa shape index (κ2) is 10.9. The highest BCUT2D eigenvalue weighted by atomic mass is 35.5. The van der Waals surface area contributed by atoms with Crippen LogP contribution in [0.3, 0.4) is 0 Å². The average molecular weight is 546 g/mol. The molecule has 1 atom stereocenters. The maximum Gasteiger partial charge on any atom is 0.255 e. The van der Waals surface area contributed by atoms with Gasteiger partial charge in [0.15, 0.2) is 0 Å². The number of hydrogen-bond acceptors (Lipinski definition) is 4. The predicted molar refractivity (Wildman–Crippen MR) is 141 cm³/mol. The smallest absolute Gasteiger partial charge is 0.255 e. The van der Waals surface area contributed by atoms with E-state index < -0.39 is 0 Å². The molecule has 1 fully saturated rings. The summed E-state index contributed by atoms with van der Waals surface area (Å²) >= 11 is 13.9. The number of carbonyl (C=O) groups excluding carboxylic acids is 2. The largest absolute Gasteiger partial charge is 0.340 e. The number of amides is 2. The Labute approximate surface area is 224 Å². The number of benzene rings is 2. The van der Waals surface area contributed by atoms with E-state index in [-0.39, 0.29) is 30.2 Å². The third kappa shape index (κ3) is 5.30. The minimum Gasteiger partial charge on any atom is -0.340 e. The number of carbonyl (C=O) groups is 2. The lowest BCUT2D eigenvalue weighted by molar-refractivity contribution is -0.132. The van der Waals surface area contributed by atoms with Crippen LogP contribution in [0, 0.1) is 5.82 Å². The first-order valence-electron chi connectivity index (χ1n) is 12.0. The Morgan fingerprint density at radius 2 is 1.78 bits per heavy atom. The van der Waals surface area contributed by atoms with E-state index in [0.717, 1.165) is 24.1 Å². The minimum atomic E-state index is -0.279. The molecule has 0 radical (unpaired) electrons. The van der Waals surface area contributed by atoms with Crippen molar-refractivity contribution < 1.29 is 14.0 Å². The monoisotopic (exact) mass is 545 g/mol. The molecular formula is C27H26Cl2FN3O2S. The highest BCUT2D eigenvalue weighted by Crippen LogP contribution is 2.37. The molecule has 5 rings (SSSR count). The van der Waals surface area contributed by atoms with Gasteiger partial charge in [-0.15, -0.1) is 11.3 Å². The number of thiophene rings is 1. The van der Waals surface area contributed by atoms with Gasteiger partial charge in [-0.25, -0.2) is 4.39 Å². The van der Waals surface area contributed by atoms with E-state index in [4.69, 9.17) is 23.2 Å². The molecule has 5 nitrogen and oxygen atoms in total. The Bertz CT molecular complexity index is 1280. The summed E-state index contributed by atoms with van der Waals surface area (Å²) in [4.78, 5) is 33.5. The first-order chi connectivity index (χ1) is 17.4. The number of nitrogens with zero attached hydrogens (tertiary/aromatic N) is 3. The summed E-state index contributed by atoms with van der Waals surface area (Å²) in [6, 6.07) is 13.4. The summed E-state index contributed by atoms with van der Waals surface area (Å²) < 4.78 is 14.1. The quantitative estimate of drug-likeness (QED) is 0.433. The molecule has 2 aliphatic heterocycles. The van der Waals surface area contributed by atoms with Gasteiger partial charge in [-0.05, 0) is 65.7 Å². The number of fused-ring (bicyclic) bond motifs is 1. The Balaban J connectivity index is 1.28. The van der Waals surface area contributed by atoms with Crippen molar-refractivity contribution in [1.82, 2.24) is 14.7 Å². The lowest BCUT2D eigenvalue weighted by atomic mass is 9.93. The fourth-order valence-corrected chi connectivity index (χ4v) is 6.48. The molecule has 188 valence electrons. The second-order valence-electron chi connectivity index (χ2n) is 9.13. The minimum absolute atomic E-state index is 0.0221. The summed E-state index contributed by atoms with van der Waals surface area (Å²) in [6.45, 7) is 3.00. The predicted octanol–water partition coefficient (Wildman–Crippen LogP) is 5.52. The molecule has 2 aliphatic rings. The van der Waals surface area contributed by atoms with Gasteiger partial charge in [0.2, 0.25) is 5.91 Å². The fourth-order valence-electron chi connectivity index (χ4n) is 5.08. The van der Waals surface area contributed by atoms with Gasteiger partial charge in [0.25, 0.3) is 5.91 Å². The maximum atomic E-state index is 14.1. The topological polar surface area (TPSA) is 43.9 Å². The van der Waals surface area contributed by atoms with Crippen molar-refractivity contribution in [2.45, 2.75) is 18.9 Å². The van der Waals surface area contributed by atoms with E-state index in [1.54, 1.807) is 46.6 Å². The van der Waals surface area contributed by atoms with E-state index in [1.807, 2.05) is 11.0 Å². The lowest BCUT2D eigenvalue weighted by Crippen LogP contribution is -2.45. The van der Waals surface area contributed by atoms with Crippen LogP contribution in [0.15, 0.2) is 53.9 Å². The van der Waals surface area contributed by atoms with E-state index in [9.17, 15) is 14.0 Å². The van der Waals surface area contributed by atoms with Crippen molar-refractivity contribution in [1.29, 1.82) is 0 Å². The zero-order chi connectivity index (χ0) is 25.2. The van der Waals surface area contributed by atoms with Gasteiger partial charge in [0.1, 0.15) is 5.82 Å². The first-order valence-corrected chi connectivity index (χ1v) is 13.6. The van der Waals surface area contributed by atoms with Gasteiger partial charge in [-0.1, -0.05) is 35.3 Å². The van der Waals surface area contributed by atoms with Crippen LogP contribution in [0.4, 0.5) is 4.39 Å². The van der Waals surface area contributed by atoms with Crippen LogP contribution in [-0.2, 0) is 11.2 Å². The Hall–Kier alpha value is -2.45. The molecule has 0 N–H and O–H groups in total. The van der Waals surface area contributed by atoms with Crippen molar-refractivity contribution in [2.24, 2.45) is 0 Å². The third-order valence-electron chi connectivity index (χ3n) is 6.87. The van der Waals surface area contributed by atoms with Crippen LogP contribution in [0.2, 0.25) is 10.0 Å². The molecule has 3 heterocycles. The highest BCUT2D eigenvalue weighted by molar-refractivity contribution is 7.10. The van der Waals surface area contributed by atoms with E-state index in [1.165, 1.54) is 10.9 Å². The SMILES string of the molecule is O=C(CN1CCc2sccc2[C@H]1c1cccc(F)c1)N1CCCN(C(=O)c2ccc(Cl)cc2Cl)CC1. The standard InChI is InChI=1S/C27H26Cl2FN3O2S/c28-19-5-6-21(23(29)16-19)27(35)32-10-2-9-31(12-13-32)25(34)17-33-11-7-24-22(8-14-36-24)26(33)18-3-1-4-20(30)15-18/h1,3-6,8,14-16,26H,2,7,9-13,17H2/t26-/m1/s1. The van der Waals surface area contributed by atoms with Crippen molar-refractivity contribution in [3.05, 3.63) is 91.3 Å². The third-order valence-corrected chi connectivity index (χ3v) is 8.41. The van der Waals surface area contributed by atoms with Gasteiger partial charge in [-0.3, -0.25) is 14.5 Å². The van der Waals surface area contributed by atoms with E-state index >= 15 is 0 Å². The maximum absolute atomic E-state index is 14.1. The number of hydrogen-bond donors (Lipinski definition) is 0. The highest BCUT2D eigenvalue weighted by Gasteiger charge is 2.33. The summed E-state index contributed by atoms with van der Waals surface area (Å²) in [6.07, 6.45) is 1.56. The number of halogens is 3. The molecule has 0 bridgehead atoms. The van der Waals surface area contributed by atoms with Gasteiger partial charge < -0.3 is 9.80 Å². The first kappa shape index (κ1) is 25.2. The van der Waals surface area contributed by atoms with Crippen molar-refractivity contribution in [3.63, 3.8) is 0 Å². The average Bonchev–Trinajstić information content (AvgIpc) is 3.19. The van der Waals surface area contributed by atoms with Gasteiger partial charge in [0.05, 0.1) is 23.2 Å². The van der Waals surface area contributed by atoms with Crippen molar-refractivity contribution in [2.75, 3.05) is 39.3 Å². The zero-order valence-electron chi connectivity index (χ0n) is 19.6. The summed E-state index contributed by atoms with van der Waals surface area (Å²) in [5.41, 5.74) is 2.42. The Kier molecular flexibility index (Phi) is 7.62. The van der Waals surface area contributed by atoms with Gasteiger partial charge >= 0.3 is 0 Å². The molecule has 1 saturated heterocycles. The summed E-state index contributed by atoms with van der Waals surface area (Å²) in [5, 5.41) is 2.87. The van der Waals surface area contributed by atoms with E-state index in [2.05, 4.69) is 16.3 Å². The van der Waals surface area contributed by atoms with Gasteiger partial charge in [-0.2, -0.15) is 0 Å². The molecule has 0 aliphatic carbocycles. The normalized spacial score (nSPS) is 18.6. The Morgan fingerprint density at radius 3 is 2.58 bits per heavy atom. The molecule has 2 aromatic carbocycles. The second-order valence-corrected chi connectivity index (χ2v) is 11.0. The zero-order valence-corrected chi connectivity index (χ0v) is 22.0. The van der Waals surface area contributed by atoms with Crippen molar-refractivity contribution >= 4 is 46.4 Å². The summed E-state index contributed by atoms with van der Waals surface area (Å²) in [5.74, 6) is -0.411. The van der Waals surface area contributed by atoms with Crippen LogP contribution in [-0.4, -0.2) is 65.8 Å².